The summed E-state index contributed by atoms with van der Waals surface area (Å²) in [5.74, 6) is 1.02. The summed E-state index contributed by atoms with van der Waals surface area (Å²) in [6, 6.07) is 4.11. The molecule has 21 heavy (non-hydrogen) atoms. The Hall–Kier alpha value is -1.56. The average Bonchev–Trinajstić information content (AvgIpc) is 3.17. The van der Waals surface area contributed by atoms with E-state index < -0.39 is 0 Å². The molecule has 2 heterocycles. The SMILES string of the molecule is CCNC(=NCc1cccs1)NCCC(=O)N1CCCC1. The molecular weight excluding hydrogens is 284 g/mol. The molecule has 0 aromatic carbocycles. The van der Waals surface area contributed by atoms with Crippen LogP contribution in [0.5, 0.6) is 0 Å². The first-order valence-electron chi connectivity index (χ1n) is 7.62. The molecule has 0 bridgehead atoms. The average molecular weight is 308 g/mol. The van der Waals surface area contributed by atoms with E-state index in [1.165, 1.54) is 4.88 Å². The Bertz CT molecular complexity index is 452. The molecule has 116 valence electrons. The first-order valence-corrected chi connectivity index (χ1v) is 8.50. The van der Waals surface area contributed by atoms with Crippen LogP contribution < -0.4 is 10.6 Å². The third kappa shape index (κ3) is 5.38. The Balaban J connectivity index is 1.74. The van der Waals surface area contributed by atoms with Crippen molar-refractivity contribution in [3.05, 3.63) is 22.4 Å². The Labute approximate surface area is 130 Å². The van der Waals surface area contributed by atoms with E-state index in [-0.39, 0.29) is 5.91 Å². The van der Waals surface area contributed by atoms with Gasteiger partial charge in [-0.2, -0.15) is 0 Å². The molecule has 2 rings (SSSR count). The van der Waals surface area contributed by atoms with Gasteiger partial charge in [-0.1, -0.05) is 6.07 Å². The normalized spacial score (nSPS) is 15.3. The Morgan fingerprint density at radius 1 is 1.38 bits per heavy atom. The molecule has 1 saturated heterocycles. The first-order chi connectivity index (χ1) is 10.3. The number of nitrogens with zero attached hydrogens (tertiary/aromatic N) is 2. The van der Waals surface area contributed by atoms with E-state index >= 15 is 0 Å². The summed E-state index contributed by atoms with van der Waals surface area (Å²) in [7, 11) is 0. The predicted molar refractivity (Wildman–Crippen MR) is 87.6 cm³/mol. The van der Waals surface area contributed by atoms with Crippen LogP contribution in [-0.4, -0.2) is 42.9 Å². The van der Waals surface area contributed by atoms with Crippen molar-refractivity contribution in [2.24, 2.45) is 4.99 Å². The van der Waals surface area contributed by atoms with Crippen molar-refractivity contribution in [1.82, 2.24) is 15.5 Å². The first kappa shape index (κ1) is 15.8. The highest BCUT2D eigenvalue weighted by atomic mass is 32.1. The van der Waals surface area contributed by atoms with Gasteiger partial charge >= 0.3 is 0 Å². The molecule has 0 atom stereocenters. The van der Waals surface area contributed by atoms with Gasteiger partial charge in [0.15, 0.2) is 5.96 Å². The standard InChI is InChI=1S/C15H24N4OS/c1-2-16-15(18-12-13-6-5-11-21-13)17-8-7-14(20)19-9-3-4-10-19/h5-6,11H,2-4,7-10,12H2,1H3,(H2,16,17,18). The van der Waals surface area contributed by atoms with Crippen molar-refractivity contribution < 1.29 is 4.79 Å². The molecule has 1 aliphatic rings. The number of guanidine groups is 1. The largest absolute Gasteiger partial charge is 0.357 e. The van der Waals surface area contributed by atoms with Crippen LogP contribution in [0.2, 0.25) is 0 Å². The second-order valence-electron chi connectivity index (χ2n) is 5.04. The van der Waals surface area contributed by atoms with Gasteiger partial charge in [0.25, 0.3) is 0 Å². The summed E-state index contributed by atoms with van der Waals surface area (Å²) in [6.07, 6.45) is 2.82. The quantitative estimate of drug-likeness (QED) is 0.622. The van der Waals surface area contributed by atoms with E-state index in [0.29, 0.717) is 19.5 Å². The van der Waals surface area contributed by atoms with Gasteiger partial charge in [-0.25, -0.2) is 4.99 Å². The number of carbonyl (C=O) groups excluding carboxylic acids is 1. The van der Waals surface area contributed by atoms with Gasteiger partial charge in [-0.15, -0.1) is 11.3 Å². The van der Waals surface area contributed by atoms with Gasteiger partial charge in [0, 0.05) is 37.5 Å². The van der Waals surface area contributed by atoms with E-state index in [4.69, 9.17) is 0 Å². The molecule has 1 aliphatic heterocycles. The molecule has 0 radical (unpaired) electrons. The molecule has 0 saturated carbocycles. The predicted octanol–water partition coefficient (Wildman–Crippen LogP) is 1.82. The van der Waals surface area contributed by atoms with Gasteiger partial charge in [0.05, 0.1) is 6.54 Å². The van der Waals surface area contributed by atoms with Gasteiger partial charge in [-0.3, -0.25) is 4.79 Å². The van der Waals surface area contributed by atoms with Gasteiger partial charge in [0.1, 0.15) is 0 Å². The molecular formula is C15H24N4OS. The second-order valence-corrected chi connectivity index (χ2v) is 6.07. The Kier molecular flexibility index (Phi) is 6.53. The molecule has 2 N–H and O–H groups in total. The number of likely N-dealkylation sites (tertiary alicyclic amines) is 1. The summed E-state index contributed by atoms with van der Waals surface area (Å²) in [5, 5.41) is 8.50. The number of amides is 1. The van der Waals surface area contributed by atoms with Gasteiger partial charge in [-0.05, 0) is 31.2 Å². The monoisotopic (exact) mass is 308 g/mol. The minimum Gasteiger partial charge on any atom is -0.357 e. The van der Waals surface area contributed by atoms with Crippen LogP contribution in [-0.2, 0) is 11.3 Å². The summed E-state index contributed by atoms with van der Waals surface area (Å²) >= 11 is 1.71. The van der Waals surface area contributed by atoms with E-state index in [2.05, 4.69) is 27.1 Å². The number of hydrogen-bond donors (Lipinski definition) is 2. The lowest BCUT2D eigenvalue weighted by molar-refractivity contribution is -0.129. The number of carbonyl (C=O) groups is 1. The molecule has 0 aliphatic carbocycles. The third-order valence-corrected chi connectivity index (χ3v) is 4.27. The van der Waals surface area contributed by atoms with E-state index in [1.807, 2.05) is 17.9 Å². The topological polar surface area (TPSA) is 56.7 Å². The molecule has 1 aromatic heterocycles. The smallest absolute Gasteiger partial charge is 0.224 e. The Morgan fingerprint density at radius 3 is 2.86 bits per heavy atom. The number of rotatable bonds is 6. The highest BCUT2D eigenvalue weighted by molar-refractivity contribution is 7.09. The maximum Gasteiger partial charge on any atom is 0.224 e. The zero-order chi connectivity index (χ0) is 14.9. The lowest BCUT2D eigenvalue weighted by Crippen LogP contribution is -2.39. The van der Waals surface area contributed by atoms with Crippen LogP contribution in [0.3, 0.4) is 0 Å². The molecule has 0 spiro atoms. The number of nitrogens with one attached hydrogen (secondary N) is 2. The highest BCUT2D eigenvalue weighted by Gasteiger charge is 2.17. The van der Waals surface area contributed by atoms with E-state index in [9.17, 15) is 4.79 Å². The number of thiophene rings is 1. The maximum absolute atomic E-state index is 12.0. The van der Waals surface area contributed by atoms with Gasteiger partial charge < -0.3 is 15.5 Å². The van der Waals surface area contributed by atoms with Crippen LogP contribution in [0.4, 0.5) is 0 Å². The fourth-order valence-electron chi connectivity index (χ4n) is 2.31. The zero-order valence-electron chi connectivity index (χ0n) is 12.6. The van der Waals surface area contributed by atoms with Crippen molar-refractivity contribution in [2.75, 3.05) is 26.2 Å². The minimum absolute atomic E-state index is 0.245. The van der Waals surface area contributed by atoms with Crippen LogP contribution in [0.25, 0.3) is 0 Å². The van der Waals surface area contributed by atoms with Crippen molar-refractivity contribution in [1.29, 1.82) is 0 Å². The number of aliphatic imine (C=N–C) groups is 1. The third-order valence-electron chi connectivity index (χ3n) is 3.41. The molecule has 6 heteroatoms. The summed E-state index contributed by atoms with van der Waals surface area (Å²) < 4.78 is 0. The lowest BCUT2D eigenvalue weighted by Gasteiger charge is -2.16. The van der Waals surface area contributed by atoms with E-state index in [1.54, 1.807) is 11.3 Å². The van der Waals surface area contributed by atoms with E-state index in [0.717, 1.165) is 38.4 Å². The second kappa shape index (κ2) is 8.67. The lowest BCUT2D eigenvalue weighted by atomic mass is 10.3. The summed E-state index contributed by atoms with van der Waals surface area (Å²) in [4.78, 5) is 19.7. The maximum atomic E-state index is 12.0. The molecule has 5 nitrogen and oxygen atoms in total. The van der Waals surface area contributed by atoms with Crippen LogP contribution >= 0.6 is 11.3 Å². The van der Waals surface area contributed by atoms with Crippen LogP contribution in [0.1, 0.15) is 31.1 Å². The molecule has 0 unspecified atom stereocenters. The van der Waals surface area contributed by atoms with Crippen molar-refractivity contribution in [3.8, 4) is 0 Å². The van der Waals surface area contributed by atoms with Gasteiger partial charge in [0.2, 0.25) is 5.91 Å². The Morgan fingerprint density at radius 2 is 2.19 bits per heavy atom. The van der Waals surface area contributed by atoms with Crippen molar-refractivity contribution >= 4 is 23.2 Å². The fraction of sp³-hybridized carbons (Fsp3) is 0.600. The van der Waals surface area contributed by atoms with Crippen LogP contribution in [0.15, 0.2) is 22.5 Å². The van der Waals surface area contributed by atoms with Crippen molar-refractivity contribution in [3.63, 3.8) is 0 Å². The highest BCUT2D eigenvalue weighted by Crippen LogP contribution is 2.09. The molecule has 1 amide bonds. The number of hydrogen-bond acceptors (Lipinski definition) is 3. The molecule has 1 fully saturated rings. The zero-order valence-corrected chi connectivity index (χ0v) is 13.4. The molecule has 1 aromatic rings. The fourth-order valence-corrected chi connectivity index (χ4v) is 2.94. The van der Waals surface area contributed by atoms with Crippen LogP contribution in [0, 0.1) is 0 Å². The summed E-state index contributed by atoms with van der Waals surface area (Å²) in [6.45, 7) is 6.00. The summed E-state index contributed by atoms with van der Waals surface area (Å²) in [5.41, 5.74) is 0. The minimum atomic E-state index is 0.245. The van der Waals surface area contributed by atoms with Crippen molar-refractivity contribution in [2.45, 2.75) is 32.7 Å².